The fourth-order valence-electron chi connectivity index (χ4n) is 4.23. The first-order valence-corrected chi connectivity index (χ1v) is 10.3. The van der Waals surface area contributed by atoms with Crippen molar-refractivity contribution in [1.82, 2.24) is 15.2 Å². The summed E-state index contributed by atoms with van der Waals surface area (Å²) >= 11 is 0. The first-order chi connectivity index (χ1) is 15.3. The highest BCUT2D eigenvalue weighted by Gasteiger charge is 2.39. The Kier molecular flexibility index (Phi) is 4.20. The molecule has 0 saturated heterocycles. The molecule has 0 bridgehead atoms. The Morgan fingerprint density at radius 1 is 0.871 bits per heavy atom. The lowest BCUT2D eigenvalue weighted by Crippen LogP contribution is -2.14. The van der Waals surface area contributed by atoms with E-state index in [0.717, 1.165) is 28.9 Å². The monoisotopic (exact) mass is 405 g/mol. The molecule has 1 aromatic heterocycles. The van der Waals surface area contributed by atoms with Crippen LogP contribution in [0.5, 0.6) is 0 Å². The topological polar surface area (TPSA) is 72.3 Å². The second kappa shape index (κ2) is 7.32. The van der Waals surface area contributed by atoms with Crippen molar-refractivity contribution in [2.75, 3.05) is 5.32 Å². The Labute approximate surface area is 179 Å². The molecule has 2 atom stereocenters. The number of fused-ring (bicyclic) bond motifs is 3. The summed E-state index contributed by atoms with van der Waals surface area (Å²) in [6, 6.07) is 26.3. The van der Waals surface area contributed by atoms with Crippen molar-refractivity contribution in [3.63, 3.8) is 0 Å². The van der Waals surface area contributed by atoms with Gasteiger partial charge < -0.3 is 10.1 Å². The lowest BCUT2D eigenvalue weighted by Gasteiger charge is -2.13. The van der Waals surface area contributed by atoms with Crippen LogP contribution in [0, 0.1) is 0 Å². The van der Waals surface area contributed by atoms with Crippen LogP contribution in [0.1, 0.15) is 22.7 Å². The summed E-state index contributed by atoms with van der Waals surface area (Å²) in [7, 11) is 0. The summed E-state index contributed by atoms with van der Waals surface area (Å²) in [5.74, 6) is 1.08. The molecule has 3 aromatic carbocycles. The standard InChI is InChI=1S/C25H19N5O/c1-2-8-16(9-3-1)21-15-26-30-25(28-21)27-20-13-7-6-12-19(20)24-29-23-18-11-5-4-10-17(18)14-22(23)31-24/h1-13,15,22-23H,14H2,(H,27,28,30)/t22-,23+/m0/s1. The molecule has 1 N–H and O–H groups in total. The summed E-state index contributed by atoms with van der Waals surface area (Å²) in [5, 5.41) is 11.6. The minimum atomic E-state index is 0.0542. The van der Waals surface area contributed by atoms with E-state index in [-0.39, 0.29) is 12.1 Å². The first-order valence-electron chi connectivity index (χ1n) is 10.3. The number of anilines is 2. The van der Waals surface area contributed by atoms with E-state index in [1.54, 1.807) is 6.20 Å². The van der Waals surface area contributed by atoms with Crippen molar-refractivity contribution < 1.29 is 4.74 Å². The van der Waals surface area contributed by atoms with Crippen molar-refractivity contribution in [1.29, 1.82) is 0 Å². The van der Waals surface area contributed by atoms with Crippen molar-refractivity contribution >= 4 is 17.5 Å². The highest BCUT2D eigenvalue weighted by atomic mass is 16.5. The number of aliphatic imine (C=N–C) groups is 1. The predicted octanol–water partition coefficient (Wildman–Crippen LogP) is 4.73. The molecule has 0 unspecified atom stereocenters. The summed E-state index contributed by atoms with van der Waals surface area (Å²) in [6.45, 7) is 0. The molecule has 1 aliphatic carbocycles. The van der Waals surface area contributed by atoms with E-state index >= 15 is 0 Å². The summed E-state index contributed by atoms with van der Waals surface area (Å²) in [4.78, 5) is 9.55. The van der Waals surface area contributed by atoms with E-state index < -0.39 is 0 Å². The average molecular weight is 405 g/mol. The lowest BCUT2D eigenvalue weighted by molar-refractivity contribution is 0.206. The smallest absolute Gasteiger partial charge is 0.247 e. The van der Waals surface area contributed by atoms with E-state index in [1.165, 1.54) is 11.1 Å². The van der Waals surface area contributed by atoms with Gasteiger partial charge in [-0.05, 0) is 23.3 Å². The summed E-state index contributed by atoms with van der Waals surface area (Å²) in [5.41, 5.74) is 6.06. The van der Waals surface area contributed by atoms with Crippen molar-refractivity contribution in [2.45, 2.75) is 18.6 Å². The van der Waals surface area contributed by atoms with E-state index in [4.69, 9.17) is 9.73 Å². The van der Waals surface area contributed by atoms with Crippen molar-refractivity contribution in [2.24, 2.45) is 4.99 Å². The molecular formula is C25H19N5O. The zero-order chi connectivity index (χ0) is 20.6. The van der Waals surface area contributed by atoms with Gasteiger partial charge in [-0.2, -0.15) is 5.10 Å². The van der Waals surface area contributed by atoms with Crippen LogP contribution in [0.15, 0.2) is 90.1 Å². The maximum Gasteiger partial charge on any atom is 0.247 e. The number of nitrogens with zero attached hydrogens (tertiary/aromatic N) is 4. The van der Waals surface area contributed by atoms with Crippen LogP contribution in [0.4, 0.5) is 11.6 Å². The normalized spacial score (nSPS) is 18.6. The number of hydrogen-bond acceptors (Lipinski definition) is 6. The molecule has 6 nitrogen and oxygen atoms in total. The van der Waals surface area contributed by atoms with E-state index in [2.05, 4.69) is 44.8 Å². The molecule has 2 heterocycles. The van der Waals surface area contributed by atoms with E-state index in [9.17, 15) is 0 Å². The second-order valence-electron chi connectivity index (χ2n) is 7.64. The van der Waals surface area contributed by atoms with Crippen molar-refractivity contribution in [3.8, 4) is 11.3 Å². The lowest BCUT2D eigenvalue weighted by atomic mass is 10.1. The number of rotatable bonds is 4. The predicted molar refractivity (Wildman–Crippen MR) is 119 cm³/mol. The third kappa shape index (κ3) is 3.22. The van der Waals surface area contributed by atoms with E-state index in [0.29, 0.717) is 11.8 Å². The molecule has 150 valence electrons. The van der Waals surface area contributed by atoms with Gasteiger partial charge >= 0.3 is 0 Å². The Morgan fingerprint density at radius 2 is 1.68 bits per heavy atom. The third-order valence-corrected chi connectivity index (χ3v) is 5.70. The first kappa shape index (κ1) is 17.8. The number of benzene rings is 3. The van der Waals surface area contributed by atoms with Crippen LogP contribution in [0.25, 0.3) is 11.3 Å². The molecule has 0 spiro atoms. The summed E-state index contributed by atoms with van der Waals surface area (Å²) < 4.78 is 6.28. The number of ether oxygens (including phenoxy) is 1. The van der Waals surface area contributed by atoms with Crippen LogP contribution in [-0.4, -0.2) is 27.2 Å². The Morgan fingerprint density at radius 3 is 2.61 bits per heavy atom. The van der Waals surface area contributed by atoms with Gasteiger partial charge in [-0.15, -0.1) is 5.10 Å². The zero-order valence-corrected chi connectivity index (χ0v) is 16.6. The molecule has 31 heavy (non-hydrogen) atoms. The number of nitrogens with one attached hydrogen (secondary N) is 1. The quantitative estimate of drug-likeness (QED) is 0.532. The maximum atomic E-state index is 6.28. The number of aromatic nitrogens is 3. The van der Waals surface area contributed by atoms with Crippen LogP contribution < -0.4 is 5.32 Å². The highest BCUT2D eigenvalue weighted by Crippen LogP contribution is 2.41. The van der Waals surface area contributed by atoms with Crippen molar-refractivity contribution in [3.05, 3.63) is 102 Å². The van der Waals surface area contributed by atoms with Gasteiger partial charge in [0.15, 0.2) is 0 Å². The minimum absolute atomic E-state index is 0.0542. The van der Waals surface area contributed by atoms with Gasteiger partial charge in [-0.25, -0.2) is 9.98 Å². The van der Waals surface area contributed by atoms with Gasteiger partial charge in [0.1, 0.15) is 12.1 Å². The molecule has 0 amide bonds. The third-order valence-electron chi connectivity index (χ3n) is 5.70. The minimum Gasteiger partial charge on any atom is -0.471 e. The molecule has 6 rings (SSSR count). The largest absolute Gasteiger partial charge is 0.471 e. The maximum absolute atomic E-state index is 6.28. The number of hydrogen-bond donors (Lipinski definition) is 1. The molecule has 0 fully saturated rings. The van der Waals surface area contributed by atoms with Crippen LogP contribution in [0.2, 0.25) is 0 Å². The number of para-hydroxylation sites is 1. The molecule has 6 heteroatoms. The van der Waals surface area contributed by atoms with Gasteiger partial charge in [-0.3, -0.25) is 0 Å². The second-order valence-corrected chi connectivity index (χ2v) is 7.64. The van der Waals surface area contributed by atoms with Gasteiger partial charge in [0.05, 0.1) is 23.1 Å². The molecular weight excluding hydrogens is 386 g/mol. The highest BCUT2D eigenvalue weighted by molar-refractivity contribution is 6.01. The van der Waals surface area contributed by atoms with Gasteiger partial charge in [0.25, 0.3) is 0 Å². The molecule has 2 aliphatic rings. The zero-order valence-electron chi connectivity index (χ0n) is 16.6. The Hall–Kier alpha value is -4.06. The molecule has 0 saturated carbocycles. The van der Waals surface area contributed by atoms with Gasteiger partial charge in [-0.1, -0.05) is 66.7 Å². The van der Waals surface area contributed by atoms with Gasteiger partial charge in [0.2, 0.25) is 11.8 Å². The van der Waals surface area contributed by atoms with Gasteiger partial charge in [0, 0.05) is 12.0 Å². The SMILES string of the molecule is c1ccc(-c2cnnc(Nc3ccccc3C3=N[C@@H]4c5ccccc5C[C@@H]4O3)n2)cc1. The fraction of sp³-hybridized carbons (Fsp3) is 0.120. The Bertz CT molecular complexity index is 1290. The average Bonchev–Trinajstić information content (AvgIpc) is 3.38. The fourth-order valence-corrected chi connectivity index (χ4v) is 4.23. The molecule has 1 aliphatic heterocycles. The van der Waals surface area contributed by atoms with Crippen LogP contribution in [0.3, 0.4) is 0 Å². The Balaban J connectivity index is 1.31. The molecule has 4 aromatic rings. The molecule has 0 radical (unpaired) electrons. The van der Waals surface area contributed by atoms with Crippen LogP contribution in [-0.2, 0) is 11.2 Å². The van der Waals surface area contributed by atoms with Crippen LogP contribution >= 0.6 is 0 Å². The summed E-state index contributed by atoms with van der Waals surface area (Å²) in [6.07, 6.45) is 2.60. The van der Waals surface area contributed by atoms with E-state index in [1.807, 2.05) is 54.6 Å².